The van der Waals surface area contributed by atoms with Crippen LogP contribution in [0.1, 0.15) is 30.1 Å². The van der Waals surface area contributed by atoms with E-state index in [4.69, 9.17) is 4.52 Å². The zero-order chi connectivity index (χ0) is 18.5. The molecule has 2 N–H and O–H groups in total. The fourth-order valence-electron chi connectivity index (χ4n) is 3.14. The molecule has 0 radical (unpaired) electrons. The molecule has 3 rings (SSSR count). The monoisotopic (exact) mass is 488 g/mol. The Morgan fingerprint density at radius 1 is 1.41 bits per heavy atom. The van der Waals surface area contributed by atoms with Crippen molar-refractivity contribution in [1.29, 1.82) is 0 Å². The second kappa shape index (κ2) is 9.86. The molecule has 148 valence electrons. The van der Waals surface area contributed by atoms with Crippen molar-refractivity contribution in [2.24, 2.45) is 4.99 Å². The average Bonchev–Trinajstić information content (AvgIpc) is 3.06. The largest absolute Gasteiger partial charge is 0.367 e. The molecule has 0 saturated carbocycles. The molecule has 1 aliphatic rings. The second-order valence-electron chi connectivity index (χ2n) is 6.54. The summed E-state index contributed by atoms with van der Waals surface area (Å²) in [7, 11) is 1.72. The molecule has 27 heavy (non-hydrogen) atoms. The van der Waals surface area contributed by atoms with Crippen molar-refractivity contribution < 1.29 is 8.91 Å². The minimum atomic E-state index is -0.175. The average molecular weight is 488 g/mol. The minimum absolute atomic E-state index is 0. The lowest BCUT2D eigenvalue weighted by molar-refractivity contribution is 0.386. The lowest BCUT2D eigenvalue weighted by atomic mass is 10.0. The van der Waals surface area contributed by atoms with Gasteiger partial charge in [0.25, 0.3) is 0 Å². The Bertz CT molecular complexity index is 781. The highest BCUT2D eigenvalue weighted by Gasteiger charge is 2.23. The van der Waals surface area contributed by atoms with Crippen LogP contribution in [-0.2, 0) is 6.54 Å². The standard InChI is InChI=1S/C18H25FN6O.HI/c1-12-6-7-15(19)16(9-12)25-8-4-5-14(11-25)23-18(20-3)21-10-17-22-13(2)26-24-17;/h6-7,9,14H,4-5,8,10-11H2,1-3H3,(H2,20,21,23);1H. The van der Waals surface area contributed by atoms with Crippen LogP contribution in [0.3, 0.4) is 0 Å². The number of piperidine rings is 1. The molecule has 0 spiro atoms. The van der Waals surface area contributed by atoms with Gasteiger partial charge in [-0.2, -0.15) is 4.98 Å². The Balaban J connectivity index is 0.00000261. The Labute approximate surface area is 175 Å². The summed E-state index contributed by atoms with van der Waals surface area (Å²) in [6, 6.07) is 5.42. The van der Waals surface area contributed by atoms with Crippen LogP contribution in [0.15, 0.2) is 27.7 Å². The second-order valence-corrected chi connectivity index (χ2v) is 6.54. The molecule has 1 aliphatic heterocycles. The van der Waals surface area contributed by atoms with Crippen LogP contribution in [-0.4, -0.2) is 42.3 Å². The van der Waals surface area contributed by atoms with Gasteiger partial charge in [-0.05, 0) is 37.5 Å². The van der Waals surface area contributed by atoms with Crippen molar-refractivity contribution in [2.75, 3.05) is 25.0 Å². The normalized spacial score (nSPS) is 17.4. The molecule has 9 heteroatoms. The first kappa shape index (κ1) is 21.4. The zero-order valence-corrected chi connectivity index (χ0v) is 18.2. The molecular weight excluding hydrogens is 462 g/mol. The van der Waals surface area contributed by atoms with E-state index in [-0.39, 0.29) is 35.8 Å². The summed E-state index contributed by atoms with van der Waals surface area (Å²) in [5.74, 6) is 1.61. The van der Waals surface area contributed by atoms with E-state index >= 15 is 0 Å². The lowest BCUT2D eigenvalue weighted by Crippen LogP contribution is -2.51. The highest BCUT2D eigenvalue weighted by molar-refractivity contribution is 14.0. The van der Waals surface area contributed by atoms with Gasteiger partial charge in [0.05, 0.1) is 12.2 Å². The number of anilines is 1. The fraction of sp³-hybridized carbons (Fsp3) is 0.500. The first-order valence-electron chi connectivity index (χ1n) is 8.82. The van der Waals surface area contributed by atoms with E-state index in [0.717, 1.165) is 31.5 Å². The molecule has 1 unspecified atom stereocenters. The number of rotatable bonds is 4. The third-order valence-corrected chi connectivity index (χ3v) is 4.41. The lowest BCUT2D eigenvalue weighted by Gasteiger charge is -2.35. The van der Waals surface area contributed by atoms with E-state index in [1.165, 1.54) is 6.07 Å². The van der Waals surface area contributed by atoms with Gasteiger partial charge in [-0.3, -0.25) is 4.99 Å². The molecule has 1 aromatic heterocycles. The summed E-state index contributed by atoms with van der Waals surface area (Å²) >= 11 is 0. The smallest absolute Gasteiger partial charge is 0.223 e. The summed E-state index contributed by atoms with van der Waals surface area (Å²) in [5, 5.41) is 10.4. The molecule has 1 fully saturated rings. The van der Waals surface area contributed by atoms with Crippen LogP contribution in [0.5, 0.6) is 0 Å². The molecule has 1 aromatic carbocycles. The van der Waals surface area contributed by atoms with Gasteiger partial charge in [-0.25, -0.2) is 4.39 Å². The predicted molar refractivity (Wildman–Crippen MR) is 114 cm³/mol. The van der Waals surface area contributed by atoms with Crippen molar-refractivity contribution in [3.63, 3.8) is 0 Å². The molecule has 0 bridgehead atoms. The SMILES string of the molecule is CN=C(NCc1noc(C)n1)NC1CCCN(c2cc(C)ccc2F)C1.I. The predicted octanol–water partition coefficient (Wildman–Crippen LogP) is 2.78. The van der Waals surface area contributed by atoms with Crippen LogP contribution in [0.4, 0.5) is 10.1 Å². The van der Waals surface area contributed by atoms with Gasteiger partial charge in [0.15, 0.2) is 11.8 Å². The number of aliphatic imine (C=N–C) groups is 1. The summed E-state index contributed by atoms with van der Waals surface area (Å²) < 4.78 is 19.2. The molecule has 0 amide bonds. The van der Waals surface area contributed by atoms with Gasteiger partial charge in [0.1, 0.15) is 5.82 Å². The number of nitrogens with one attached hydrogen (secondary N) is 2. The minimum Gasteiger partial charge on any atom is -0.367 e. The van der Waals surface area contributed by atoms with Crippen molar-refractivity contribution in [3.8, 4) is 0 Å². The van der Waals surface area contributed by atoms with Crippen molar-refractivity contribution >= 4 is 35.6 Å². The number of aromatic nitrogens is 2. The fourth-order valence-corrected chi connectivity index (χ4v) is 3.14. The number of nitrogens with zero attached hydrogens (tertiary/aromatic N) is 4. The number of hydrogen-bond donors (Lipinski definition) is 2. The zero-order valence-electron chi connectivity index (χ0n) is 15.8. The Morgan fingerprint density at radius 3 is 2.93 bits per heavy atom. The Hall–Kier alpha value is -1.91. The van der Waals surface area contributed by atoms with Gasteiger partial charge in [0, 0.05) is 33.1 Å². The van der Waals surface area contributed by atoms with Crippen LogP contribution >= 0.6 is 24.0 Å². The van der Waals surface area contributed by atoms with E-state index < -0.39 is 0 Å². The molecular formula is C18H26FIN6O. The van der Waals surface area contributed by atoms with Gasteiger partial charge in [-0.1, -0.05) is 11.2 Å². The summed E-state index contributed by atoms with van der Waals surface area (Å²) in [5.41, 5.74) is 1.73. The van der Waals surface area contributed by atoms with E-state index in [1.54, 1.807) is 20.0 Å². The van der Waals surface area contributed by atoms with E-state index in [0.29, 0.717) is 29.9 Å². The topological polar surface area (TPSA) is 78.6 Å². The van der Waals surface area contributed by atoms with Crippen LogP contribution in [0, 0.1) is 19.7 Å². The first-order chi connectivity index (χ1) is 12.5. The van der Waals surface area contributed by atoms with Gasteiger partial charge in [-0.15, -0.1) is 24.0 Å². The molecule has 7 nitrogen and oxygen atoms in total. The number of guanidine groups is 1. The highest BCUT2D eigenvalue weighted by Crippen LogP contribution is 2.24. The molecule has 2 heterocycles. The van der Waals surface area contributed by atoms with E-state index in [2.05, 4.69) is 30.7 Å². The van der Waals surface area contributed by atoms with Gasteiger partial charge >= 0.3 is 0 Å². The van der Waals surface area contributed by atoms with Crippen molar-refractivity contribution in [3.05, 3.63) is 41.3 Å². The third kappa shape index (κ3) is 5.78. The molecule has 1 atom stereocenters. The quantitative estimate of drug-likeness (QED) is 0.392. The Kier molecular flexibility index (Phi) is 7.81. The number of halogens is 2. The van der Waals surface area contributed by atoms with Gasteiger partial charge in [0.2, 0.25) is 5.89 Å². The molecule has 1 saturated heterocycles. The van der Waals surface area contributed by atoms with Crippen molar-refractivity contribution in [2.45, 2.75) is 39.3 Å². The van der Waals surface area contributed by atoms with Crippen LogP contribution in [0.2, 0.25) is 0 Å². The van der Waals surface area contributed by atoms with E-state index in [9.17, 15) is 4.39 Å². The van der Waals surface area contributed by atoms with E-state index in [1.807, 2.05) is 13.0 Å². The van der Waals surface area contributed by atoms with Crippen LogP contribution < -0.4 is 15.5 Å². The molecule has 2 aromatic rings. The van der Waals surface area contributed by atoms with Gasteiger partial charge < -0.3 is 20.1 Å². The maximum atomic E-state index is 14.2. The molecule has 0 aliphatic carbocycles. The number of benzene rings is 1. The summed E-state index contributed by atoms with van der Waals surface area (Å²) in [6.07, 6.45) is 2.00. The maximum absolute atomic E-state index is 14.2. The maximum Gasteiger partial charge on any atom is 0.223 e. The number of hydrogen-bond acceptors (Lipinski definition) is 5. The Morgan fingerprint density at radius 2 is 2.22 bits per heavy atom. The summed E-state index contributed by atoms with van der Waals surface area (Å²) in [6.45, 7) is 5.74. The summed E-state index contributed by atoms with van der Waals surface area (Å²) in [4.78, 5) is 10.5. The number of aryl methyl sites for hydroxylation is 2. The first-order valence-corrected chi connectivity index (χ1v) is 8.82. The van der Waals surface area contributed by atoms with Crippen LogP contribution in [0.25, 0.3) is 0 Å². The highest BCUT2D eigenvalue weighted by atomic mass is 127. The third-order valence-electron chi connectivity index (χ3n) is 4.41. The van der Waals surface area contributed by atoms with Crippen molar-refractivity contribution in [1.82, 2.24) is 20.8 Å².